The van der Waals surface area contributed by atoms with Gasteiger partial charge >= 0.3 is 0 Å². The Morgan fingerprint density at radius 1 is 0.957 bits per heavy atom. The Hall–Kier alpha value is -1.87. The number of aromatic nitrogens is 2. The van der Waals surface area contributed by atoms with Gasteiger partial charge in [-0.1, -0.05) is 69.0 Å². The average molecular weight is 324 g/mol. The Bertz CT molecular complexity index is 699. The summed E-state index contributed by atoms with van der Waals surface area (Å²) in [7, 11) is 0. The molecule has 120 valence electrons. The predicted octanol–water partition coefficient (Wildman–Crippen LogP) is 6.25. The molecular weight excluding hydrogens is 300 g/mol. The summed E-state index contributed by atoms with van der Waals surface area (Å²) in [4.78, 5) is 1.24. The summed E-state index contributed by atoms with van der Waals surface area (Å²) >= 11 is 1.75. The molecule has 23 heavy (non-hydrogen) atoms. The third-order valence-electron chi connectivity index (χ3n) is 4.10. The molecule has 3 rings (SSSR count). The van der Waals surface area contributed by atoms with E-state index in [4.69, 9.17) is 5.10 Å². The molecule has 0 radical (unpaired) electrons. The van der Waals surface area contributed by atoms with Crippen LogP contribution in [0.15, 0.2) is 53.9 Å². The number of benzene rings is 1. The molecule has 0 saturated carbocycles. The van der Waals surface area contributed by atoms with Crippen LogP contribution in [0.4, 0.5) is 0 Å². The number of aryl methyl sites for hydroxylation is 1. The van der Waals surface area contributed by atoms with Gasteiger partial charge in [-0.25, -0.2) is 0 Å². The van der Waals surface area contributed by atoms with E-state index in [1.165, 1.54) is 48.2 Å². The van der Waals surface area contributed by atoms with Gasteiger partial charge in [0, 0.05) is 6.54 Å². The van der Waals surface area contributed by atoms with E-state index in [1.54, 1.807) is 11.3 Å². The van der Waals surface area contributed by atoms with E-state index >= 15 is 0 Å². The topological polar surface area (TPSA) is 17.8 Å². The van der Waals surface area contributed by atoms with Crippen LogP contribution in [0.5, 0.6) is 0 Å². The summed E-state index contributed by atoms with van der Waals surface area (Å²) in [5.41, 5.74) is 3.56. The van der Waals surface area contributed by atoms with Crippen molar-refractivity contribution in [2.24, 2.45) is 0 Å². The average Bonchev–Trinajstić information content (AvgIpc) is 3.25. The van der Waals surface area contributed by atoms with Crippen molar-refractivity contribution in [3.8, 4) is 21.8 Å². The van der Waals surface area contributed by atoms with Crippen molar-refractivity contribution in [1.82, 2.24) is 9.78 Å². The summed E-state index contributed by atoms with van der Waals surface area (Å²) in [6.07, 6.45) is 6.45. The fourth-order valence-corrected chi connectivity index (χ4v) is 3.52. The number of nitrogens with zero attached hydrogens (tertiary/aromatic N) is 2. The Balaban J connectivity index is 1.81. The molecule has 0 spiro atoms. The summed E-state index contributed by atoms with van der Waals surface area (Å²) < 4.78 is 2.19. The lowest BCUT2D eigenvalue weighted by molar-refractivity contribution is 0.538. The van der Waals surface area contributed by atoms with Crippen molar-refractivity contribution >= 4 is 11.3 Å². The van der Waals surface area contributed by atoms with Gasteiger partial charge in [-0.2, -0.15) is 5.10 Å². The minimum Gasteiger partial charge on any atom is -0.264 e. The van der Waals surface area contributed by atoms with Crippen LogP contribution in [0.2, 0.25) is 0 Å². The standard InChI is InChI=1S/C20H24N2S/c1-2-3-4-5-9-14-22-19(17-11-7-6-8-12-17)16-18(21-22)20-13-10-15-23-20/h6-8,10-13,15-16H,2-5,9,14H2,1H3. The molecule has 0 saturated heterocycles. The SMILES string of the molecule is CCCCCCCn1nc(-c2cccs2)cc1-c1ccccc1. The van der Waals surface area contributed by atoms with Gasteiger partial charge in [0.25, 0.3) is 0 Å². The highest BCUT2D eigenvalue weighted by atomic mass is 32.1. The zero-order valence-corrected chi connectivity index (χ0v) is 14.6. The number of hydrogen-bond donors (Lipinski definition) is 0. The second kappa shape index (κ2) is 8.11. The van der Waals surface area contributed by atoms with Crippen LogP contribution < -0.4 is 0 Å². The van der Waals surface area contributed by atoms with Gasteiger partial charge in [0.15, 0.2) is 0 Å². The normalized spacial score (nSPS) is 11.0. The van der Waals surface area contributed by atoms with Crippen LogP contribution in [0, 0.1) is 0 Å². The maximum atomic E-state index is 4.87. The van der Waals surface area contributed by atoms with Gasteiger partial charge in [-0.05, 0) is 29.5 Å². The van der Waals surface area contributed by atoms with Gasteiger partial charge in [0.1, 0.15) is 5.69 Å². The van der Waals surface area contributed by atoms with Crippen molar-refractivity contribution in [1.29, 1.82) is 0 Å². The third kappa shape index (κ3) is 4.11. The van der Waals surface area contributed by atoms with E-state index < -0.39 is 0 Å². The summed E-state index contributed by atoms with van der Waals surface area (Å²) in [6, 6.07) is 17.1. The molecule has 2 nitrogen and oxygen atoms in total. The Labute approximate surface area is 142 Å². The lowest BCUT2D eigenvalue weighted by Gasteiger charge is -2.07. The monoisotopic (exact) mass is 324 g/mol. The van der Waals surface area contributed by atoms with Crippen LogP contribution in [0.1, 0.15) is 39.0 Å². The first-order valence-corrected chi connectivity index (χ1v) is 9.43. The minimum atomic E-state index is 0.999. The molecule has 0 amide bonds. The predicted molar refractivity (Wildman–Crippen MR) is 99.7 cm³/mol. The van der Waals surface area contributed by atoms with E-state index in [9.17, 15) is 0 Å². The van der Waals surface area contributed by atoms with Gasteiger partial charge in [0.2, 0.25) is 0 Å². The molecule has 0 bridgehead atoms. The van der Waals surface area contributed by atoms with E-state index in [2.05, 4.69) is 65.5 Å². The Morgan fingerprint density at radius 3 is 2.52 bits per heavy atom. The van der Waals surface area contributed by atoms with E-state index in [1.807, 2.05) is 0 Å². The highest BCUT2D eigenvalue weighted by molar-refractivity contribution is 7.13. The first-order valence-electron chi connectivity index (χ1n) is 8.55. The van der Waals surface area contributed by atoms with Crippen molar-refractivity contribution in [2.45, 2.75) is 45.6 Å². The fourth-order valence-electron chi connectivity index (χ4n) is 2.84. The van der Waals surface area contributed by atoms with Crippen LogP contribution in [0.3, 0.4) is 0 Å². The van der Waals surface area contributed by atoms with Crippen molar-refractivity contribution in [3.63, 3.8) is 0 Å². The summed E-state index contributed by atoms with van der Waals surface area (Å²) in [5.74, 6) is 0. The largest absolute Gasteiger partial charge is 0.264 e. The molecule has 3 aromatic rings. The molecule has 2 heterocycles. The van der Waals surface area contributed by atoms with Gasteiger partial charge < -0.3 is 0 Å². The second-order valence-corrected chi connectivity index (χ2v) is 6.84. The first kappa shape index (κ1) is 16.0. The lowest BCUT2D eigenvalue weighted by atomic mass is 10.1. The summed E-state index contributed by atoms with van der Waals surface area (Å²) in [6.45, 7) is 3.26. The van der Waals surface area contributed by atoms with Gasteiger partial charge in [-0.15, -0.1) is 11.3 Å². The van der Waals surface area contributed by atoms with Crippen molar-refractivity contribution < 1.29 is 0 Å². The zero-order valence-electron chi connectivity index (χ0n) is 13.7. The third-order valence-corrected chi connectivity index (χ3v) is 4.99. The quantitative estimate of drug-likeness (QED) is 0.448. The molecule has 0 aliphatic rings. The molecule has 0 atom stereocenters. The van der Waals surface area contributed by atoms with Crippen molar-refractivity contribution in [2.75, 3.05) is 0 Å². The van der Waals surface area contributed by atoms with E-state index in [0.717, 1.165) is 12.2 Å². The van der Waals surface area contributed by atoms with E-state index in [-0.39, 0.29) is 0 Å². The molecule has 0 aliphatic heterocycles. The Morgan fingerprint density at radius 2 is 1.78 bits per heavy atom. The molecule has 3 heteroatoms. The maximum absolute atomic E-state index is 4.87. The molecule has 2 aromatic heterocycles. The van der Waals surface area contributed by atoms with Crippen molar-refractivity contribution in [3.05, 3.63) is 53.9 Å². The smallest absolute Gasteiger partial charge is 0.103 e. The van der Waals surface area contributed by atoms with Crippen LogP contribution in [-0.4, -0.2) is 9.78 Å². The minimum absolute atomic E-state index is 0.999. The maximum Gasteiger partial charge on any atom is 0.103 e. The second-order valence-electron chi connectivity index (χ2n) is 5.90. The summed E-state index contributed by atoms with van der Waals surface area (Å²) in [5, 5.41) is 6.99. The van der Waals surface area contributed by atoms with Crippen LogP contribution in [0.25, 0.3) is 21.8 Å². The molecule has 0 aliphatic carbocycles. The molecule has 0 unspecified atom stereocenters. The number of rotatable bonds is 8. The number of unbranched alkanes of at least 4 members (excludes halogenated alkanes) is 4. The van der Waals surface area contributed by atoms with Gasteiger partial charge in [0.05, 0.1) is 10.6 Å². The molecule has 1 aromatic carbocycles. The highest BCUT2D eigenvalue weighted by Crippen LogP contribution is 2.29. The lowest BCUT2D eigenvalue weighted by Crippen LogP contribution is -2.02. The van der Waals surface area contributed by atoms with Crippen LogP contribution in [-0.2, 0) is 6.54 Å². The Kier molecular flexibility index (Phi) is 5.65. The van der Waals surface area contributed by atoms with Crippen LogP contribution >= 0.6 is 11.3 Å². The highest BCUT2D eigenvalue weighted by Gasteiger charge is 2.11. The first-order chi connectivity index (χ1) is 11.4. The molecule has 0 N–H and O–H groups in total. The number of thiophene rings is 1. The molecular formula is C20H24N2S. The van der Waals surface area contributed by atoms with E-state index in [0.29, 0.717) is 0 Å². The number of hydrogen-bond acceptors (Lipinski definition) is 2. The fraction of sp³-hybridized carbons (Fsp3) is 0.350. The van der Waals surface area contributed by atoms with Gasteiger partial charge in [-0.3, -0.25) is 4.68 Å². The zero-order chi connectivity index (χ0) is 15.9. The molecule has 0 fully saturated rings.